The number of carbonyl (C=O) groups excluding carboxylic acids is 1. The van der Waals surface area contributed by atoms with Gasteiger partial charge in [0.25, 0.3) is 0 Å². The minimum atomic E-state index is -1.74. The van der Waals surface area contributed by atoms with Crippen LogP contribution in [0.5, 0.6) is 0 Å². The van der Waals surface area contributed by atoms with Crippen LogP contribution in [0.2, 0.25) is 18.1 Å². The van der Waals surface area contributed by atoms with Crippen LogP contribution in [-0.4, -0.2) is 40.6 Å². The number of ether oxygens (including phenoxy) is 1. The van der Waals surface area contributed by atoms with Crippen LogP contribution in [0, 0.1) is 0 Å². The fourth-order valence-corrected chi connectivity index (χ4v) is 3.35. The van der Waals surface area contributed by atoms with Crippen LogP contribution < -0.4 is 4.90 Å². The summed E-state index contributed by atoms with van der Waals surface area (Å²) in [5.41, 5.74) is 1.65. The summed E-state index contributed by atoms with van der Waals surface area (Å²) in [6.07, 6.45) is 1.05. The van der Waals surface area contributed by atoms with Crippen LogP contribution in [0.3, 0.4) is 0 Å². The predicted molar refractivity (Wildman–Crippen MR) is 108 cm³/mol. The summed E-state index contributed by atoms with van der Waals surface area (Å²) in [6, 6.07) is 7.68. The normalized spacial score (nSPS) is 12.1. The molecule has 0 aliphatic heterocycles. The second-order valence-corrected chi connectivity index (χ2v) is 12.7. The van der Waals surface area contributed by atoms with Crippen molar-refractivity contribution in [3.63, 3.8) is 0 Å². The first-order valence-corrected chi connectivity index (χ1v) is 12.2. The van der Waals surface area contributed by atoms with Crippen LogP contribution in [-0.2, 0) is 9.16 Å². The molecule has 0 bridgehead atoms. The van der Waals surface area contributed by atoms with Crippen LogP contribution >= 0.6 is 0 Å². The van der Waals surface area contributed by atoms with Crippen molar-refractivity contribution >= 4 is 20.0 Å². The number of rotatable bonds is 9. The van der Waals surface area contributed by atoms with Gasteiger partial charge >= 0.3 is 5.97 Å². The van der Waals surface area contributed by atoms with Gasteiger partial charge in [-0.05, 0) is 49.7 Å². The van der Waals surface area contributed by atoms with E-state index in [0.717, 1.165) is 25.2 Å². The van der Waals surface area contributed by atoms with Crippen LogP contribution in [0.4, 0.5) is 5.69 Å². The Hall–Kier alpha value is -1.33. The Morgan fingerprint density at radius 1 is 1.16 bits per heavy atom. The van der Waals surface area contributed by atoms with Crippen LogP contribution in [0.15, 0.2) is 24.3 Å². The molecule has 142 valence electrons. The molecule has 0 amide bonds. The lowest BCUT2D eigenvalue weighted by Gasteiger charge is -2.37. The van der Waals surface area contributed by atoms with Crippen molar-refractivity contribution in [2.45, 2.75) is 59.2 Å². The highest BCUT2D eigenvalue weighted by molar-refractivity contribution is 6.74. The highest BCUT2D eigenvalue weighted by Crippen LogP contribution is 2.36. The Morgan fingerprint density at radius 3 is 2.40 bits per heavy atom. The van der Waals surface area contributed by atoms with Gasteiger partial charge in [0.05, 0.1) is 18.8 Å². The predicted octanol–water partition coefficient (Wildman–Crippen LogP) is 5.10. The molecule has 0 fully saturated rings. The van der Waals surface area contributed by atoms with Gasteiger partial charge in [0.15, 0.2) is 8.32 Å². The molecule has 0 saturated carbocycles. The van der Waals surface area contributed by atoms with E-state index in [9.17, 15) is 4.79 Å². The zero-order valence-electron chi connectivity index (χ0n) is 17.0. The summed E-state index contributed by atoms with van der Waals surface area (Å²) in [4.78, 5) is 14.3. The molecule has 1 rings (SSSR count). The van der Waals surface area contributed by atoms with Gasteiger partial charge < -0.3 is 14.1 Å². The quantitative estimate of drug-likeness (QED) is 0.451. The molecule has 5 heteroatoms. The molecule has 0 atom stereocenters. The lowest BCUT2D eigenvalue weighted by Crippen LogP contribution is -2.43. The third kappa shape index (κ3) is 6.48. The monoisotopic (exact) mass is 365 g/mol. The van der Waals surface area contributed by atoms with Crippen molar-refractivity contribution in [2.24, 2.45) is 0 Å². The molecule has 0 unspecified atom stereocenters. The van der Waals surface area contributed by atoms with Gasteiger partial charge in [-0.2, -0.15) is 0 Å². The van der Waals surface area contributed by atoms with Crippen LogP contribution in [0.1, 0.15) is 51.4 Å². The third-order valence-corrected chi connectivity index (χ3v) is 9.38. The first-order valence-electron chi connectivity index (χ1n) is 9.28. The highest BCUT2D eigenvalue weighted by atomic mass is 28.4. The minimum absolute atomic E-state index is 0.215. The van der Waals surface area contributed by atoms with Gasteiger partial charge in [-0.25, -0.2) is 4.79 Å². The molecule has 1 aromatic rings. The van der Waals surface area contributed by atoms with Gasteiger partial charge in [-0.3, -0.25) is 0 Å². The molecule has 0 aromatic heterocycles. The number of esters is 1. The van der Waals surface area contributed by atoms with Crippen molar-refractivity contribution in [1.82, 2.24) is 0 Å². The summed E-state index contributed by atoms with van der Waals surface area (Å²) < 4.78 is 11.4. The maximum atomic E-state index is 12.0. The molecule has 25 heavy (non-hydrogen) atoms. The number of carbonyl (C=O) groups is 1. The van der Waals surface area contributed by atoms with Gasteiger partial charge in [0.2, 0.25) is 0 Å². The molecule has 0 aliphatic rings. The van der Waals surface area contributed by atoms with Crippen molar-refractivity contribution in [2.75, 3.05) is 31.2 Å². The van der Waals surface area contributed by atoms with Crippen molar-refractivity contribution in [3.05, 3.63) is 29.8 Å². The van der Waals surface area contributed by atoms with Gasteiger partial charge in [0.1, 0.15) is 0 Å². The van der Waals surface area contributed by atoms with E-state index in [4.69, 9.17) is 9.16 Å². The van der Waals surface area contributed by atoms with Crippen molar-refractivity contribution < 1.29 is 14.0 Å². The first-order chi connectivity index (χ1) is 11.6. The lowest BCUT2D eigenvalue weighted by atomic mass is 10.2. The SMILES string of the molecule is CCCN(CCO[Si](C)(C)C(C)(C)C)c1cccc(C(=O)OCC)c1. The van der Waals surface area contributed by atoms with E-state index in [1.165, 1.54) is 0 Å². The van der Waals surface area contributed by atoms with Gasteiger partial charge in [-0.15, -0.1) is 0 Å². The summed E-state index contributed by atoms with van der Waals surface area (Å²) in [5, 5.41) is 0.215. The average Bonchev–Trinajstić information content (AvgIpc) is 2.53. The smallest absolute Gasteiger partial charge is 0.338 e. The second kappa shape index (κ2) is 9.39. The number of benzene rings is 1. The molecular weight excluding hydrogens is 330 g/mol. The van der Waals surface area contributed by atoms with Crippen LogP contribution in [0.25, 0.3) is 0 Å². The van der Waals surface area contributed by atoms with E-state index in [-0.39, 0.29) is 11.0 Å². The lowest BCUT2D eigenvalue weighted by molar-refractivity contribution is 0.0526. The summed E-state index contributed by atoms with van der Waals surface area (Å²) in [6.45, 7) is 18.2. The second-order valence-electron chi connectivity index (χ2n) is 7.87. The molecule has 4 nitrogen and oxygen atoms in total. The van der Waals surface area contributed by atoms with E-state index < -0.39 is 8.32 Å². The van der Waals surface area contributed by atoms with Gasteiger partial charge in [0, 0.05) is 18.8 Å². The topological polar surface area (TPSA) is 38.8 Å². The number of anilines is 1. The largest absolute Gasteiger partial charge is 0.462 e. The molecular formula is C20H35NO3Si. The fourth-order valence-electron chi connectivity index (χ4n) is 2.31. The zero-order chi connectivity index (χ0) is 19.1. The van der Waals surface area contributed by atoms with E-state index in [0.29, 0.717) is 18.8 Å². The number of hydrogen-bond donors (Lipinski definition) is 0. The highest BCUT2D eigenvalue weighted by Gasteiger charge is 2.36. The minimum Gasteiger partial charge on any atom is -0.462 e. The Morgan fingerprint density at radius 2 is 1.84 bits per heavy atom. The third-order valence-electron chi connectivity index (χ3n) is 4.85. The maximum Gasteiger partial charge on any atom is 0.338 e. The fraction of sp³-hybridized carbons (Fsp3) is 0.650. The molecule has 1 aromatic carbocycles. The van der Waals surface area contributed by atoms with E-state index in [1.807, 2.05) is 25.1 Å². The molecule has 0 aliphatic carbocycles. The average molecular weight is 366 g/mol. The Bertz CT molecular complexity index is 552. The summed E-state index contributed by atoms with van der Waals surface area (Å²) in [5.74, 6) is -0.265. The van der Waals surface area contributed by atoms with E-state index in [1.54, 1.807) is 6.07 Å². The summed E-state index contributed by atoms with van der Waals surface area (Å²) >= 11 is 0. The van der Waals surface area contributed by atoms with Crippen molar-refractivity contribution in [3.8, 4) is 0 Å². The zero-order valence-corrected chi connectivity index (χ0v) is 18.0. The first kappa shape index (κ1) is 21.7. The molecule has 0 heterocycles. The number of nitrogens with zero attached hydrogens (tertiary/aromatic N) is 1. The number of hydrogen-bond acceptors (Lipinski definition) is 4. The maximum absolute atomic E-state index is 12.0. The Balaban J connectivity index is 2.80. The summed E-state index contributed by atoms with van der Waals surface area (Å²) in [7, 11) is -1.74. The molecule has 0 spiro atoms. The van der Waals surface area contributed by atoms with Crippen molar-refractivity contribution in [1.29, 1.82) is 0 Å². The molecule has 0 saturated heterocycles. The molecule has 0 radical (unpaired) electrons. The Labute approximate surface area is 154 Å². The Kier molecular flexibility index (Phi) is 8.15. The van der Waals surface area contributed by atoms with Gasteiger partial charge in [-0.1, -0.05) is 33.8 Å². The van der Waals surface area contributed by atoms with E-state index in [2.05, 4.69) is 45.7 Å². The molecule has 0 N–H and O–H groups in total. The standard InChI is InChI=1S/C20H35NO3Si/c1-8-13-21(14-15-24-25(6,7)20(3,4)5)18-12-10-11-17(16-18)19(22)23-9-2/h10-12,16H,8-9,13-15H2,1-7H3. The van der Waals surface area contributed by atoms with E-state index >= 15 is 0 Å².